The number of thiazole rings is 1. The molecule has 2 aromatic heterocycles. The Morgan fingerprint density at radius 1 is 1.45 bits per heavy atom. The minimum Gasteiger partial charge on any atom is -0.343 e. The van der Waals surface area contributed by atoms with Crippen LogP contribution in [0.1, 0.15) is 44.6 Å². The number of hydrogen-bond donors (Lipinski definition) is 0. The van der Waals surface area contributed by atoms with E-state index >= 15 is 0 Å². The number of tetrazole rings is 1. The van der Waals surface area contributed by atoms with E-state index in [1.807, 2.05) is 33.1 Å². The normalized spacial score (nSPS) is 13.1. The van der Waals surface area contributed by atoms with Gasteiger partial charge in [-0.2, -0.15) is 0 Å². The zero-order chi connectivity index (χ0) is 16.3. The van der Waals surface area contributed by atoms with Crippen LogP contribution in [-0.2, 0) is 16.6 Å². The first-order valence-corrected chi connectivity index (χ1v) is 8.10. The van der Waals surface area contributed by atoms with Crippen LogP contribution in [0.15, 0.2) is 11.6 Å². The maximum atomic E-state index is 12.6. The fourth-order valence-corrected chi connectivity index (χ4v) is 2.73. The average molecular weight is 322 g/mol. The summed E-state index contributed by atoms with van der Waals surface area (Å²) in [6.07, 6.45) is 2.54. The van der Waals surface area contributed by atoms with Gasteiger partial charge in [-0.15, -0.1) is 16.4 Å². The summed E-state index contributed by atoms with van der Waals surface area (Å²) in [5.41, 5.74) is -0.211. The zero-order valence-corrected chi connectivity index (χ0v) is 14.5. The molecule has 0 fully saturated rings. The fourth-order valence-electron chi connectivity index (χ4n) is 2.12. The molecule has 2 heterocycles. The molecule has 0 aliphatic rings. The second-order valence-corrected chi connectivity index (χ2v) is 7.29. The third-order valence-electron chi connectivity index (χ3n) is 3.41. The summed E-state index contributed by atoms with van der Waals surface area (Å²) in [5, 5.41) is 14.7. The molecule has 0 saturated heterocycles. The second-order valence-electron chi connectivity index (χ2n) is 6.31. The summed E-state index contributed by atoms with van der Waals surface area (Å²) in [7, 11) is 1.80. The van der Waals surface area contributed by atoms with Gasteiger partial charge in [0.1, 0.15) is 6.04 Å². The van der Waals surface area contributed by atoms with Crippen LogP contribution in [0.5, 0.6) is 0 Å². The molecule has 0 unspecified atom stereocenters. The van der Waals surface area contributed by atoms with E-state index in [9.17, 15) is 4.79 Å². The van der Waals surface area contributed by atoms with E-state index in [0.29, 0.717) is 12.4 Å². The van der Waals surface area contributed by atoms with Crippen molar-refractivity contribution < 1.29 is 4.79 Å². The van der Waals surface area contributed by atoms with Gasteiger partial charge in [-0.3, -0.25) is 4.79 Å². The van der Waals surface area contributed by atoms with Crippen LogP contribution in [0.2, 0.25) is 0 Å². The van der Waals surface area contributed by atoms with E-state index in [1.165, 1.54) is 0 Å². The van der Waals surface area contributed by atoms with Crippen LogP contribution < -0.4 is 0 Å². The van der Waals surface area contributed by atoms with Crippen molar-refractivity contribution in [1.29, 1.82) is 0 Å². The van der Waals surface area contributed by atoms with E-state index in [2.05, 4.69) is 20.5 Å². The Morgan fingerprint density at radius 3 is 2.77 bits per heavy atom. The van der Waals surface area contributed by atoms with Crippen molar-refractivity contribution in [1.82, 2.24) is 30.1 Å². The lowest BCUT2D eigenvalue weighted by atomic mass is 9.95. The molecule has 2 aromatic rings. The van der Waals surface area contributed by atoms with Crippen molar-refractivity contribution in [2.45, 2.75) is 45.6 Å². The highest BCUT2D eigenvalue weighted by Gasteiger charge is 2.28. The van der Waals surface area contributed by atoms with Crippen molar-refractivity contribution in [3.05, 3.63) is 22.4 Å². The van der Waals surface area contributed by atoms with Crippen molar-refractivity contribution in [2.24, 2.45) is 0 Å². The van der Waals surface area contributed by atoms with Gasteiger partial charge in [0.15, 0.2) is 5.82 Å². The lowest BCUT2D eigenvalue weighted by Crippen LogP contribution is -2.36. The lowest BCUT2D eigenvalue weighted by Gasteiger charge is -2.24. The second kappa shape index (κ2) is 6.51. The third-order valence-corrected chi connectivity index (χ3v) is 4.25. The van der Waals surface area contributed by atoms with Gasteiger partial charge in [-0.25, -0.2) is 9.67 Å². The number of likely N-dealkylation sites (N-methyl/N-ethyl adjacent to an activating group) is 1. The Morgan fingerprint density at radius 2 is 2.18 bits per heavy atom. The molecule has 0 aromatic carbocycles. The van der Waals surface area contributed by atoms with Crippen LogP contribution in [0.4, 0.5) is 0 Å². The van der Waals surface area contributed by atoms with Gasteiger partial charge >= 0.3 is 0 Å². The van der Waals surface area contributed by atoms with Crippen LogP contribution in [0.3, 0.4) is 0 Å². The van der Waals surface area contributed by atoms with Gasteiger partial charge in [0.25, 0.3) is 0 Å². The van der Waals surface area contributed by atoms with Crippen LogP contribution in [0, 0.1) is 0 Å². The highest BCUT2D eigenvalue weighted by atomic mass is 32.1. The SMILES string of the molecule is C[C@@H](C(=O)N(C)CCc1nccs1)n1nnnc1C(C)(C)C. The Kier molecular flexibility index (Phi) is 4.90. The number of nitrogens with zero attached hydrogens (tertiary/aromatic N) is 6. The Labute approximate surface area is 134 Å². The van der Waals surface area contributed by atoms with E-state index in [4.69, 9.17) is 0 Å². The minimum absolute atomic E-state index is 0.00523. The van der Waals surface area contributed by atoms with Gasteiger partial charge < -0.3 is 4.90 Å². The predicted molar refractivity (Wildman–Crippen MR) is 84.7 cm³/mol. The molecule has 0 aliphatic heterocycles. The van der Waals surface area contributed by atoms with E-state index < -0.39 is 6.04 Å². The van der Waals surface area contributed by atoms with Crippen molar-refractivity contribution >= 4 is 17.2 Å². The first-order valence-electron chi connectivity index (χ1n) is 7.22. The molecule has 120 valence electrons. The molecule has 0 aliphatic carbocycles. The molecule has 1 amide bonds. The van der Waals surface area contributed by atoms with E-state index in [-0.39, 0.29) is 11.3 Å². The molecular formula is C14H22N6OS. The van der Waals surface area contributed by atoms with Crippen molar-refractivity contribution in [3.63, 3.8) is 0 Å². The maximum absolute atomic E-state index is 12.6. The quantitative estimate of drug-likeness (QED) is 0.837. The average Bonchev–Trinajstić information content (AvgIpc) is 3.12. The van der Waals surface area contributed by atoms with Gasteiger partial charge in [0.05, 0.1) is 5.01 Å². The standard InChI is InChI=1S/C14H22N6OS/c1-10(20-13(14(2,3)4)16-17-18-20)12(21)19(5)8-6-11-15-7-9-22-11/h7,9-10H,6,8H2,1-5H3/t10-/m0/s1. The lowest BCUT2D eigenvalue weighted by molar-refractivity contribution is -0.133. The van der Waals surface area contributed by atoms with Crippen molar-refractivity contribution in [3.8, 4) is 0 Å². The summed E-state index contributed by atoms with van der Waals surface area (Å²) < 4.78 is 1.61. The topological polar surface area (TPSA) is 76.8 Å². The zero-order valence-electron chi connectivity index (χ0n) is 13.6. The molecule has 8 heteroatoms. The molecule has 0 radical (unpaired) electrons. The Hall–Kier alpha value is -1.83. The van der Waals surface area contributed by atoms with Crippen LogP contribution >= 0.6 is 11.3 Å². The minimum atomic E-state index is -0.425. The monoisotopic (exact) mass is 322 g/mol. The first-order chi connectivity index (χ1) is 10.3. The number of carbonyl (C=O) groups excluding carboxylic acids is 1. The molecule has 2 rings (SSSR count). The number of hydrogen-bond acceptors (Lipinski definition) is 6. The van der Waals surface area contributed by atoms with Gasteiger partial charge in [0, 0.05) is 37.0 Å². The number of carbonyl (C=O) groups is 1. The highest BCUT2D eigenvalue weighted by molar-refractivity contribution is 7.09. The molecule has 0 bridgehead atoms. The number of amides is 1. The molecule has 1 atom stereocenters. The Bertz CT molecular complexity index is 616. The van der Waals surface area contributed by atoms with Crippen LogP contribution in [0.25, 0.3) is 0 Å². The van der Waals surface area contributed by atoms with Gasteiger partial charge in [-0.05, 0) is 17.4 Å². The van der Waals surface area contributed by atoms with Crippen molar-refractivity contribution in [2.75, 3.05) is 13.6 Å². The summed E-state index contributed by atoms with van der Waals surface area (Å²) in [4.78, 5) is 18.5. The van der Waals surface area contributed by atoms with Gasteiger partial charge in [-0.1, -0.05) is 20.8 Å². The molecule has 0 saturated carbocycles. The Balaban J connectivity index is 2.04. The van der Waals surface area contributed by atoms with Crippen LogP contribution in [-0.4, -0.2) is 49.6 Å². The third kappa shape index (κ3) is 3.68. The molecule has 22 heavy (non-hydrogen) atoms. The molecule has 0 spiro atoms. The summed E-state index contributed by atoms with van der Waals surface area (Å²) in [6, 6.07) is -0.425. The van der Waals surface area contributed by atoms with E-state index in [0.717, 1.165) is 11.4 Å². The van der Waals surface area contributed by atoms with E-state index in [1.54, 1.807) is 34.2 Å². The first kappa shape index (κ1) is 16.5. The maximum Gasteiger partial charge on any atom is 0.247 e. The molecule has 0 N–H and O–H groups in total. The number of rotatable bonds is 5. The molecule has 7 nitrogen and oxygen atoms in total. The smallest absolute Gasteiger partial charge is 0.247 e. The number of aromatic nitrogens is 5. The summed E-state index contributed by atoms with van der Waals surface area (Å²) >= 11 is 1.60. The fraction of sp³-hybridized carbons (Fsp3) is 0.643. The molecular weight excluding hydrogens is 300 g/mol. The largest absolute Gasteiger partial charge is 0.343 e. The predicted octanol–water partition coefficient (Wildman–Crippen LogP) is 1.69. The highest BCUT2D eigenvalue weighted by Crippen LogP contribution is 2.22. The summed E-state index contributed by atoms with van der Waals surface area (Å²) in [6.45, 7) is 8.53. The van der Waals surface area contributed by atoms with Gasteiger partial charge in [0.2, 0.25) is 5.91 Å². The summed E-state index contributed by atoms with van der Waals surface area (Å²) in [5.74, 6) is 0.705.